The van der Waals surface area contributed by atoms with Crippen LogP contribution in [0.2, 0.25) is 5.02 Å². The minimum Gasteiger partial charge on any atom is -0.248 e. The van der Waals surface area contributed by atoms with Crippen LogP contribution in [-0.4, -0.2) is 4.98 Å². The molecule has 1 aliphatic rings. The highest BCUT2D eigenvalue weighted by molar-refractivity contribution is 6.30. The van der Waals surface area contributed by atoms with E-state index in [4.69, 9.17) is 11.6 Å². The second-order valence-electron chi connectivity index (χ2n) is 3.72. The number of hydrogen-bond donors (Lipinski definition) is 0. The van der Waals surface area contributed by atoms with Crippen LogP contribution in [0.1, 0.15) is 36.6 Å². The Morgan fingerprint density at radius 2 is 1.93 bits per heavy atom. The smallest absolute Gasteiger partial charge is 0.248 e. The maximum atomic E-state index is 12.4. The Balaban J connectivity index is 2.36. The van der Waals surface area contributed by atoms with Gasteiger partial charge in [-0.2, -0.15) is 13.2 Å². The minimum absolute atomic E-state index is 0.110. The first-order chi connectivity index (χ1) is 6.97. The normalized spacial score (nSPS) is 17.6. The molecule has 0 radical (unpaired) electrons. The molecule has 0 N–H and O–H groups in total. The van der Waals surface area contributed by atoms with E-state index in [1.165, 1.54) is 6.07 Å². The zero-order valence-electron chi connectivity index (χ0n) is 7.81. The lowest BCUT2D eigenvalue weighted by Crippen LogP contribution is -2.15. The van der Waals surface area contributed by atoms with Crippen molar-refractivity contribution in [2.24, 2.45) is 0 Å². The van der Waals surface area contributed by atoms with E-state index in [0.717, 1.165) is 25.3 Å². The molecule has 5 heteroatoms. The molecule has 0 atom stereocenters. The van der Waals surface area contributed by atoms with Gasteiger partial charge in [0.1, 0.15) is 5.69 Å². The van der Waals surface area contributed by atoms with E-state index >= 15 is 0 Å². The van der Waals surface area contributed by atoms with Gasteiger partial charge in [0.25, 0.3) is 0 Å². The maximum absolute atomic E-state index is 12.4. The molecule has 0 spiro atoms. The van der Waals surface area contributed by atoms with Crippen molar-refractivity contribution < 1.29 is 13.2 Å². The molecule has 1 aromatic rings. The van der Waals surface area contributed by atoms with E-state index in [-0.39, 0.29) is 10.9 Å². The second-order valence-corrected chi connectivity index (χ2v) is 4.16. The average Bonchev–Trinajstić information content (AvgIpc) is 1.97. The van der Waals surface area contributed by atoms with Crippen LogP contribution in [0.25, 0.3) is 0 Å². The molecule has 0 saturated heterocycles. The van der Waals surface area contributed by atoms with Gasteiger partial charge in [-0.15, -0.1) is 0 Å². The Kier molecular flexibility index (Phi) is 2.63. The lowest BCUT2D eigenvalue weighted by molar-refractivity contribution is -0.141. The Labute approximate surface area is 90.3 Å². The van der Waals surface area contributed by atoms with Crippen LogP contribution < -0.4 is 0 Å². The van der Waals surface area contributed by atoms with Crippen molar-refractivity contribution in [1.29, 1.82) is 0 Å². The topological polar surface area (TPSA) is 12.9 Å². The third-order valence-corrected chi connectivity index (χ3v) is 2.84. The highest BCUT2D eigenvalue weighted by Crippen LogP contribution is 2.38. The molecule has 15 heavy (non-hydrogen) atoms. The van der Waals surface area contributed by atoms with Gasteiger partial charge in [-0.25, -0.2) is 4.98 Å². The summed E-state index contributed by atoms with van der Waals surface area (Å²) in [4.78, 5) is 3.62. The molecule has 1 aliphatic carbocycles. The summed E-state index contributed by atoms with van der Waals surface area (Å²) >= 11 is 5.64. The molecular weight excluding hydrogens is 227 g/mol. The van der Waals surface area contributed by atoms with Gasteiger partial charge in [0.15, 0.2) is 0 Å². The Hall–Kier alpha value is -0.770. The zero-order valence-corrected chi connectivity index (χ0v) is 8.57. The van der Waals surface area contributed by atoms with Crippen molar-refractivity contribution in [2.45, 2.75) is 31.4 Å². The van der Waals surface area contributed by atoms with E-state index < -0.39 is 11.9 Å². The molecular formula is C10H9ClF3N. The molecule has 1 heterocycles. The van der Waals surface area contributed by atoms with Crippen LogP contribution in [0.4, 0.5) is 13.2 Å². The van der Waals surface area contributed by atoms with Gasteiger partial charge in [-0.1, -0.05) is 18.0 Å². The van der Waals surface area contributed by atoms with E-state index in [9.17, 15) is 13.2 Å². The lowest BCUT2D eigenvalue weighted by Gasteiger charge is -2.25. The number of rotatable bonds is 1. The van der Waals surface area contributed by atoms with E-state index in [2.05, 4.69) is 4.98 Å². The fraction of sp³-hybridized carbons (Fsp3) is 0.500. The van der Waals surface area contributed by atoms with Crippen LogP contribution in [-0.2, 0) is 6.18 Å². The number of hydrogen-bond acceptors (Lipinski definition) is 1. The second kappa shape index (κ2) is 3.67. The summed E-state index contributed by atoms with van der Waals surface area (Å²) in [6.07, 6.45) is -1.54. The number of aromatic nitrogens is 1. The molecule has 0 amide bonds. The SMILES string of the molecule is FC(F)(F)c1cc(Cl)cc(C2CCC2)n1. The number of halogens is 4. The fourth-order valence-corrected chi connectivity index (χ4v) is 1.79. The minimum atomic E-state index is -4.41. The largest absolute Gasteiger partial charge is 0.433 e. The summed E-state index contributed by atoms with van der Waals surface area (Å²) in [7, 11) is 0. The quantitative estimate of drug-likeness (QED) is 0.716. The van der Waals surface area contributed by atoms with Crippen molar-refractivity contribution in [2.75, 3.05) is 0 Å². The molecule has 0 bridgehead atoms. The van der Waals surface area contributed by atoms with E-state index in [0.29, 0.717) is 5.69 Å². The maximum Gasteiger partial charge on any atom is 0.433 e. The Morgan fingerprint density at radius 3 is 2.40 bits per heavy atom. The molecule has 1 saturated carbocycles. The van der Waals surface area contributed by atoms with Gasteiger partial charge in [0.2, 0.25) is 0 Å². The summed E-state index contributed by atoms with van der Waals surface area (Å²) in [5.41, 5.74) is -0.419. The third-order valence-electron chi connectivity index (χ3n) is 2.62. The summed E-state index contributed by atoms with van der Waals surface area (Å²) in [5.74, 6) is 0.157. The van der Waals surface area contributed by atoms with Gasteiger partial charge in [0, 0.05) is 16.6 Å². The highest BCUT2D eigenvalue weighted by Gasteiger charge is 2.34. The van der Waals surface area contributed by atoms with Crippen LogP contribution in [0.5, 0.6) is 0 Å². The predicted molar refractivity (Wildman–Crippen MR) is 50.8 cm³/mol. The van der Waals surface area contributed by atoms with Crippen molar-refractivity contribution in [3.63, 3.8) is 0 Å². The molecule has 1 nitrogen and oxygen atoms in total. The summed E-state index contributed by atoms with van der Waals surface area (Å²) in [5, 5.41) is 0.110. The van der Waals surface area contributed by atoms with Crippen molar-refractivity contribution in [3.05, 3.63) is 28.5 Å². The molecule has 0 aliphatic heterocycles. The van der Waals surface area contributed by atoms with Gasteiger partial charge >= 0.3 is 6.18 Å². The van der Waals surface area contributed by atoms with Crippen molar-refractivity contribution in [1.82, 2.24) is 4.98 Å². The highest BCUT2D eigenvalue weighted by atomic mass is 35.5. The zero-order chi connectivity index (χ0) is 11.1. The first-order valence-corrected chi connectivity index (χ1v) is 5.09. The van der Waals surface area contributed by atoms with Gasteiger partial charge in [0.05, 0.1) is 0 Å². The van der Waals surface area contributed by atoms with Gasteiger partial charge < -0.3 is 0 Å². The predicted octanol–water partition coefficient (Wildman–Crippen LogP) is 4.02. The van der Waals surface area contributed by atoms with Gasteiger partial charge in [-0.3, -0.25) is 0 Å². The lowest BCUT2D eigenvalue weighted by atomic mass is 9.82. The standard InChI is InChI=1S/C10H9ClF3N/c11-7-4-8(6-2-1-3-6)15-9(5-7)10(12,13)14/h4-6H,1-3H2. The average molecular weight is 236 g/mol. The van der Waals surface area contributed by atoms with E-state index in [1.807, 2.05) is 0 Å². The number of nitrogens with zero attached hydrogens (tertiary/aromatic N) is 1. The van der Waals surface area contributed by atoms with E-state index in [1.54, 1.807) is 0 Å². The first-order valence-electron chi connectivity index (χ1n) is 4.71. The Bertz CT molecular complexity index is 371. The molecule has 2 rings (SSSR count). The number of pyridine rings is 1. The Morgan fingerprint density at radius 1 is 1.27 bits per heavy atom. The molecule has 1 aromatic heterocycles. The van der Waals surface area contributed by atoms with Crippen molar-refractivity contribution in [3.8, 4) is 0 Å². The van der Waals surface area contributed by atoms with Crippen molar-refractivity contribution >= 4 is 11.6 Å². The van der Waals surface area contributed by atoms with Crippen LogP contribution >= 0.6 is 11.6 Å². The summed E-state index contributed by atoms with van der Waals surface area (Å²) < 4.78 is 37.2. The fourth-order valence-electron chi connectivity index (χ4n) is 1.58. The molecule has 82 valence electrons. The first kappa shape index (κ1) is 10.7. The molecule has 0 aromatic carbocycles. The monoisotopic (exact) mass is 235 g/mol. The van der Waals surface area contributed by atoms with Crippen LogP contribution in [0.15, 0.2) is 12.1 Å². The molecule has 1 fully saturated rings. The molecule has 0 unspecified atom stereocenters. The third kappa shape index (κ3) is 2.25. The number of alkyl halides is 3. The van der Waals surface area contributed by atoms with Crippen LogP contribution in [0, 0.1) is 0 Å². The summed E-state index contributed by atoms with van der Waals surface area (Å²) in [6.45, 7) is 0. The van der Waals surface area contributed by atoms with Gasteiger partial charge in [-0.05, 0) is 25.0 Å². The van der Waals surface area contributed by atoms with Crippen LogP contribution in [0.3, 0.4) is 0 Å². The summed E-state index contributed by atoms with van der Waals surface area (Å²) in [6, 6.07) is 2.39.